The first kappa shape index (κ1) is 27.9. The summed E-state index contributed by atoms with van der Waals surface area (Å²) in [5.41, 5.74) is 0.787. The van der Waals surface area contributed by atoms with Crippen LogP contribution in [0, 0.1) is 5.92 Å². The van der Waals surface area contributed by atoms with Gasteiger partial charge in [-0.2, -0.15) is 13.2 Å². The van der Waals surface area contributed by atoms with Crippen LogP contribution >= 0.6 is 11.6 Å². The number of benzene rings is 3. The number of methoxy groups -OCH3 is 1. The van der Waals surface area contributed by atoms with Gasteiger partial charge in [-0.25, -0.2) is 0 Å². The third kappa shape index (κ3) is 7.63. The number of carbonyl (C=O) groups is 2. The maximum absolute atomic E-state index is 13.0. The predicted octanol–water partition coefficient (Wildman–Crippen LogP) is 6.74. The van der Waals surface area contributed by atoms with Gasteiger partial charge in [0.2, 0.25) is 0 Å². The molecule has 0 unspecified atom stereocenters. The van der Waals surface area contributed by atoms with E-state index in [2.05, 4.69) is 5.32 Å². The summed E-state index contributed by atoms with van der Waals surface area (Å²) in [6.45, 7) is 1.95. The number of hydrogen-bond donors (Lipinski definition) is 2. The standard InChI is InChI=1S/C27H25ClF3NO5/c1-3-18(26(34)35)10-17-6-9-24(36-2)23(11-17)25(33)32-15-16-4-7-21(8-5-16)37-22-13-19(27(29,30)31)12-20(28)14-22/h4-9,11-14,18H,3,10,15H2,1-2H3,(H,32,33)(H,34,35)/t18-/m0/s1. The van der Waals surface area contributed by atoms with Crippen LogP contribution in [0.4, 0.5) is 13.2 Å². The molecule has 10 heteroatoms. The lowest BCUT2D eigenvalue weighted by Gasteiger charge is -2.14. The Morgan fingerprint density at radius 2 is 1.68 bits per heavy atom. The number of aliphatic carboxylic acids is 1. The fourth-order valence-electron chi connectivity index (χ4n) is 3.62. The molecule has 3 aromatic carbocycles. The van der Waals surface area contributed by atoms with Crippen LogP contribution in [0.3, 0.4) is 0 Å². The maximum Gasteiger partial charge on any atom is 0.416 e. The monoisotopic (exact) mass is 535 g/mol. The largest absolute Gasteiger partial charge is 0.496 e. The number of amides is 1. The summed E-state index contributed by atoms with van der Waals surface area (Å²) < 4.78 is 49.8. The Kier molecular flexibility index (Phi) is 9.04. The molecular formula is C27H25ClF3NO5. The second-order valence-electron chi connectivity index (χ2n) is 8.28. The van der Waals surface area contributed by atoms with Gasteiger partial charge in [0, 0.05) is 11.6 Å². The van der Waals surface area contributed by atoms with Crippen molar-refractivity contribution in [3.63, 3.8) is 0 Å². The smallest absolute Gasteiger partial charge is 0.416 e. The number of halogens is 4. The summed E-state index contributed by atoms with van der Waals surface area (Å²) in [5, 5.41) is 12.0. The number of carbonyl (C=O) groups excluding carboxylic acids is 1. The minimum Gasteiger partial charge on any atom is -0.496 e. The summed E-state index contributed by atoms with van der Waals surface area (Å²) in [4.78, 5) is 24.2. The Labute approximate surface area is 217 Å². The van der Waals surface area contributed by atoms with Gasteiger partial charge in [0.05, 0.1) is 24.2 Å². The van der Waals surface area contributed by atoms with Gasteiger partial charge in [0.1, 0.15) is 17.2 Å². The average Bonchev–Trinajstić information content (AvgIpc) is 2.85. The van der Waals surface area contributed by atoms with E-state index in [-0.39, 0.29) is 29.3 Å². The zero-order valence-corrected chi connectivity index (χ0v) is 20.8. The second-order valence-corrected chi connectivity index (χ2v) is 8.72. The topological polar surface area (TPSA) is 84.9 Å². The van der Waals surface area contributed by atoms with E-state index in [0.717, 1.165) is 17.7 Å². The lowest BCUT2D eigenvalue weighted by atomic mass is 9.95. The van der Waals surface area contributed by atoms with Crippen LogP contribution in [-0.4, -0.2) is 24.1 Å². The van der Waals surface area contributed by atoms with E-state index in [1.807, 2.05) is 0 Å². The molecule has 0 fully saturated rings. The van der Waals surface area contributed by atoms with E-state index < -0.39 is 29.5 Å². The molecule has 2 N–H and O–H groups in total. The molecule has 0 aliphatic carbocycles. The number of carboxylic acids is 1. The Balaban J connectivity index is 1.67. The van der Waals surface area contributed by atoms with E-state index in [9.17, 15) is 27.9 Å². The average molecular weight is 536 g/mol. The van der Waals surface area contributed by atoms with Crippen LogP contribution in [0.1, 0.15) is 40.4 Å². The highest BCUT2D eigenvalue weighted by atomic mass is 35.5. The highest BCUT2D eigenvalue weighted by Gasteiger charge is 2.31. The first-order valence-corrected chi connectivity index (χ1v) is 11.7. The molecule has 0 aromatic heterocycles. The molecule has 0 heterocycles. The zero-order valence-electron chi connectivity index (χ0n) is 20.1. The first-order valence-electron chi connectivity index (χ1n) is 11.3. The van der Waals surface area contributed by atoms with Crippen LogP contribution in [0.2, 0.25) is 5.02 Å². The molecule has 3 rings (SSSR count). The molecule has 0 spiro atoms. The zero-order chi connectivity index (χ0) is 27.2. The first-order chi connectivity index (χ1) is 17.5. The molecule has 1 atom stereocenters. The summed E-state index contributed by atoms with van der Waals surface area (Å²) in [6.07, 6.45) is -3.81. The fourth-order valence-corrected chi connectivity index (χ4v) is 3.85. The van der Waals surface area contributed by atoms with Crippen LogP contribution in [0.25, 0.3) is 0 Å². The lowest BCUT2D eigenvalue weighted by molar-refractivity contribution is -0.141. The van der Waals surface area contributed by atoms with E-state index >= 15 is 0 Å². The van der Waals surface area contributed by atoms with E-state index in [1.54, 1.807) is 49.4 Å². The highest BCUT2D eigenvalue weighted by molar-refractivity contribution is 6.30. The second kappa shape index (κ2) is 12.0. The van der Waals surface area contributed by atoms with Gasteiger partial charge in [-0.15, -0.1) is 0 Å². The van der Waals surface area contributed by atoms with Crippen molar-refractivity contribution in [1.29, 1.82) is 0 Å². The van der Waals surface area contributed by atoms with Gasteiger partial charge in [0.25, 0.3) is 5.91 Å². The van der Waals surface area contributed by atoms with Crippen molar-refractivity contribution in [2.45, 2.75) is 32.5 Å². The van der Waals surface area contributed by atoms with Gasteiger partial charge in [-0.05, 0) is 66.4 Å². The highest BCUT2D eigenvalue weighted by Crippen LogP contribution is 2.35. The molecule has 0 aliphatic heterocycles. The number of carboxylic acid groups (broad SMARTS) is 1. The number of nitrogens with one attached hydrogen (secondary N) is 1. The van der Waals surface area contributed by atoms with Crippen molar-refractivity contribution in [2.24, 2.45) is 5.92 Å². The van der Waals surface area contributed by atoms with Gasteiger partial charge >= 0.3 is 12.1 Å². The van der Waals surface area contributed by atoms with Gasteiger partial charge in [-0.3, -0.25) is 9.59 Å². The van der Waals surface area contributed by atoms with Crippen molar-refractivity contribution < 1.29 is 37.3 Å². The normalized spacial score (nSPS) is 12.1. The van der Waals surface area contributed by atoms with Gasteiger partial charge in [0.15, 0.2) is 0 Å². The minimum atomic E-state index is -4.55. The Morgan fingerprint density at radius 1 is 1.00 bits per heavy atom. The van der Waals surface area contributed by atoms with Crippen molar-refractivity contribution in [3.05, 3.63) is 87.9 Å². The van der Waals surface area contributed by atoms with Crippen molar-refractivity contribution in [2.75, 3.05) is 7.11 Å². The summed E-state index contributed by atoms with van der Waals surface area (Å²) in [5.74, 6) is -1.26. The SMILES string of the molecule is CC[C@@H](Cc1ccc(OC)c(C(=O)NCc2ccc(Oc3cc(Cl)cc(C(F)(F)F)c3)cc2)c1)C(=O)O. The van der Waals surface area contributed by atoms with E-state index in [4.69, 9.17) is 21.1 Å². The molecule has 0 bridgehead atoms. The molecule has 0 saturated carbocycles. The van der Waals surface area contributed by atoms with Crippen molar-refractivity contribution in [3.8, 4) is 17.2 Å². The summed E-state index contributed by atoms with van der Waals surface area (Å²) >= 11 is 5.79. The van der Waals surface area contributed by atoms with Crippen LogP contribution in [0.5, 0.6) is 17.2 Å². The third-order valence-electron chi connectivity index (χ3n) is 5.64. The molecule has 0 radical (unpaired) electrons. The Morgan fingerprint density at radius 3 is 2.27 bits per heavy atom. The van der Waals surface area contributed by atoms with Crippen LogP contribution in [0.15, 0.2) is 60.7 Å². The number of alkyl halides is 3. The Hall–Kier alpha value is -3.72. The fraction of sp³-hybridized carbons (Fsp3) is 0.259. The molecular weight excluding hydrogens is 511 g/mol. The third-order valence-corrected chi connectivity index (χ3v) is 5.86. The molecule has 0 saturated heterocycles. The number of hydrogen-bond acceptors (Lipinski definition) is 4. The van der Waals surface area contributed by atoms with Gasteiger partial charge < -0.3 is 19.9 Å². The Bertz CT molecular complexity index is 1260. The van der Waals surface area contributed by atoms with Gasteiger partial charge in [-0.1, -0.05) is 36.7 Å². The molecule has 196 valence electrons. The van der Waals surface area contributed by atoms with Crippen molar-refractivity contribution >= 4 is 23.5 Å². The van der Waals surface area contributed by atoms with Crippen LogP contribution < -0.4 is 14.8 Å². The maximum atomic E-state index is 13.0. The van der Waals surface area contributed by atoms with E-state index in [0.29, 0.717) is 23.5 Å². The molecule has 3 aromatic rings. The van der Waals surface area contributed by atoms with Crippen LogP contribution in [-0.2, 0) is 23.9 Å². The predicted molar refractivity (Wildman–Crippen MR) is 132 cm³/mol. The summed E-state index contributed by atoms with van der Waals surface area (Å²) in [7, 11) is 1.44. The molecule has 1 amide bonds. The van der Waals surface area contributed by atoms with E-state index in [1.165, 1.54) is 13.2 Å². The quantitative estimate of drug-likeness (QED) is 0.300. The molecule has 0 aliphatic rings. The number of rotatable bonds is 10. The number of ether oxygens (including phenoxy) is 2. The summed E-state index contributed by atoms with van der Waals surface area (Å²) in [6, 6.07) is 14.4. The lowest BCUT2D eigenvalue weighted by Crippen LogP contribution is -2.24. The molecule has 37 heavy (non-hydrogen) atoms. The van der Waals surface area contributed by atoms with Crippen molar-refractivity contribution in [1.82, 2.24) is 5.32 Å². The minimum absolute atomic E-state index is 0.0546. The molecule has 6 nitrogen and oxygen atoms in total.